The minimum atomic E-state index is -4.07. The fraction of sp³-hybridized carbons (Fsp3) is 0.0909. The fourth-order valence-corrected chi connectivity index (χ4v) is 4.64. The number of carbonyl (C=O) groups excluding carboxylic acids is 2. The van der Waals surface area contributed by atoms with Gasteiger partial charge in [-0.25, -0.2) is 26.3 Å². The van der Waals surface area contributed by atoms with Crippen molar-refractivity contribution in [1.82, 2.24) is 9.44 Å². The number of aryl methyl sites for hydroxylation is 2. The van der Waals surface area contributed by atoms with Crippen molar-refractivity contribution in [3.05, 3.63) is 95.1 Å². The van der Waals surface area contributed by atoms with Crippen molar-refractivity contribution in [2.45, 2.75) is 23.6 Å². The Morgan fingerprint density at radius 1 is 0.531 bits per heavy atom. The highest BCUT2D eigenvalue weighted by molar-refractivity contribution is 7.90. The molecule has 10 heteroatoms. The predicted molar refractivity (Wildman–Crippen MR) is 118 cm³/mol. The van der Waals surface area contributed by atoms with Crippen LogP contribution < -0.4 is 9.44 Å². The third-order valence-electron chi connectivity index (χ3n) is 4.53. The SMILES string of the molecule is Cc1ccc(S(=O)(=O)NC(=O)c2ccc(C(=O)NS(=O)(=O)c3ccc(C)cc3)cc2)cc1. The summed E-state index contributed by atoms with van der Waals surface area (Å²) in [6, 6.07) is 16.9. The van der Waals surface area contributed by atoms with Crippen LogP contribution >= 0.6 is 0 Å². The highest BCUT2D eigenvalue weighted by Gasteiger charge is 2.21. The summed E-state index contributed by atoms with van der Waals surface area (Å²) >= 11 is 0. The second-order valence-electron chi connectivity index (χ2n) is 7.07. The maximum Gasteiger partial charge on any atom is 0.264 e. The lowest BCUT2D eigenvalue weighted by atomic mass is 10.1. The quantitative estimate of drug-likeness (QED) is 0.568. The van der Waals surface area contributed by atoms with E-state index in [-0.39, 0.29) is 20.9 Å². The molecule has 3 aromatic carbocycles. The summed E-state index contributed by atoms with van der Waals surface area (Å²) in [5.41, 5.74) is 1.71. The summed E-state index contributed by atoms with van der Waals surface area (Å²) in [5, 5.41) is 0. The van der Waals surface area contributed by atoms with Crippen LogP contribution in [0.3, 0.4) is 0 Å². The molecule has 166 valence electrons. The molecule has 0 atom stereocenters. The van der Waals surface area contributed by atoms with E-state index >= 15 is 0 Å². The molecular weight excluding hydrogens is 452 g/mol. The van der Waals surface area contributed by atoms with Gasteiger partial charge in [0.15, 0.2) is 0 Å². The van der Waals surface area contributed by atoms with Crippen molar-refractivity contribution in [2.75, 3.05) is 0 Å². The van der Waals surface area contributed by atoms with E-state index in [2.05, 4.69) is 0 Å². The van der Waals surface area contributed by atoms with E-state index in [1.807, 2.05) is 9.44 Å². The molecule has 2 N–H and O–H groups in total. The van der Waals surface area contributed by atoms with Crippen LogP contribution in [0.4, 0.5) is 0 Å². The second-order valence-corrected chi connectivity index (χ2v) is 10.4. The van der Waals surface area contributed by atoms with Crippen LogP contribution in [0, 0.1) is 13.8 Å². The van der Waals surface area contributed by atoms with Gasteiger partial charge in [0.25, 0.3) is 31.9 Å². The van der Waals surface area contributed by atoms with Crippen LogP contribution in [0.5, 0.6) is 0 Å². The standard InChI is InChI=1S/C22H20N2O6S2/c1-15-3-11-19(12-4-15)31(27,28)23-21(25)17-7-9-18(10-8-17)22(26)24-32(29,30)20-13-5-16(2)6-14-20/h3-14H,1-2H3,(H,23,25)(H,24,26). The van der Waals surface area contributed by atoms with E-state index in [9.17, 15) is 26.4 Å². The summed E-state index contributed by atoms with van der Waals surface area (Å²) in [7, 11) is -8.13. The molecule has 32 heavy (non-hydrogen) atoms. The normalized spacial score (nSPS) is 11.6. The van der Waals surface area contributed by atoms with Crippen molar-refractivity contribution >= 4 is 31.9 Å². The third kappa shape index (κ3) is 5.40. The predicted octanol–water partition coefficient (Wildman–Crippen LogP) is 2.54. The van der Waals surface area contributed by atoms with E-state index in [1.165, 1.54) is 48.5 Å². The summed E-state index contributed by atoms with van der Waals surface area (Å²) in [5.74, 6) is -1.77. The number of sulfonamides is 2. The Kier molecular flexibility index (Phi) is 6.47. The first-order valence-corrected chi connectivity index (χ1v) is 12.3. The van der Waals surface area contributed by atoms with Gasteiger partial charge in [0.2, 0.25) is 0 Å². The van der Waals surface area contributed by atoms with Crippen LogP contribution in [0.1, 0.15) is 31.8 Å². The number of carbonyl (C=O) groups is 2. The molecule has 0 bridgehead atoms. The number of benzene rings is 3. The summed E-state index contributed by atoms with van der Waals surface area (Å²) in [6.45, 7) is 3.61. The molecule has 0 radical (unpaired) electrons. The number of hydrogen-bond acceptors (Lipinski definition) is 6. The molecule has 0 fully saturated rings. The van der Waals surface area contributed by atoms with Gasteiger partial charge in [-0.3, -0.25) is 9.59 Å². The summed E-state index contributed by atoms with van der Waals surface area (Å²) in [4.78, 5) is 24.5. The topological polar surface area (TPSA) is 126 Å². The number of nitrogens with one attached hydrogen (secondary N) is 2. The largest absolute Gasteiger partial charge is 0.268 e. The first-order valence-electron chi connectivity index (χ1n) is 9.36. The molecule has 2 amide bonds. The molecule has 0 saturated carbocycles. The van der Waals surface area contributed by atoms with E-state index < -0.39 is 31.9 Å². The second kappa shape index (κ2) is 8.93. The Bertz CT molecular complexity index is 1250. The molecule has 0 unspecified atom stereocenters. The lowest BCUT2D eigenvalue weighted by molar-refractivity contribution is 0.0968. The highest BCUT2D eigenvalue weighted by atomic mass is 32.2. The maximum atomic E-state index is 12.4. The van der Waals surface area contributed by atoms with Crippen LogP contribution in [-0.4, -0.2) is 28.6 Å². The van der Waals surface area contributed by atoms with Crippen molar-refractivity contribution in [2.24, 2.45) is 0 Å². The molecule has 0 heterocycles. The molecule has 0 spiro atoms. The zero-order valence-electron chi connectivity index (χ0n) is 17.2. The van der Waals surface area contributed by atoms with Gasteiger partial charge in [-0.1, -0.05) is 35.4 Å². The molecule has 0 saturated heterocycles. The Balaban J connectivity index is 1.71. The van der Waals surface area contributed by atoms with Crippen molar-refractivity contribution in [3.8, 4) is 0 Å². The average molecular weight is 473 g/mol. The zero-order chi connectivity index (χ0) is 23.5. The minimum Gasteiger partial charge on any atom is -0.268 e. The molecule has 0 aromatic heterocycles. The van der Waals surface area contributed by atoms with Gasteiger partial charge in [-0.2, -0.15) is 0 Å². The van der Waals surface area contributed by atoms with Crippen LogP contribution in [0.15, 0.2) is 82.6 Å². The van der Waals surface area contributed by atoms with Crippen molar-refractivity contribution < 1.29 is 26.4 Å². The molecule has 8 nitrogen and oxygen atoms in total. The van der Waals surface area contributed by atoms with Gasteiger partial charge in [0.05, 0.1) is 9.79 Å². The Hall–Kier alpha value is -3.50. The van der Waals surface area contributed by atoms with Crippen LogP contribution in [0.2, 0.25) is 0 Å². The molecule has 0 aliphatic heterocycles. The molecular formula is C22H20N2O6S2. The van der Waals surface area contributed by atoms with Gasteiger partial charge in [-0.05, 0) is 62.4 Å². The van der Waals surface area contributed by atoms with E-state index in [4.69, 9.17) is 0 Å². The monoisotopic (exact) mass is 472 g/mol. The number of amides is 2. The highest BCUT2D eigenvalue weighted by Crippen LogP contribution is 2.13. The summed E-state index contributed by atoms with van der Waals surface area (Å²) in [6.07, 6.45) is 0. The van der Waals surface area contributed by atoms with Gasteiger partial charge in [-0.15, -0.1) is 0 Å². The Morgan fingerprint density at radius 2 is 0.812 bits per heavy atom. The molecule has 3 aromatic rings. The van der Waals surface area contributed by atoms with Crippen LogP contribution in [-0.2, 0) is 20.0 Å². The van der Waals surface area contributed by atoms with Gasteiger partial charge < -0.3 is 0 Å². The van der Waals surface area contributed by atoms with E-state index in [1.54, 1.807) is 38.1 Å². The maximum absolute atomic E-state index is 12.4. The average Bonchev–Trinajstić information content (AvgIpc) is 2.74. The Morgan fingerprint density at radius 3 is 1.09 bits per heavy atom. The van der Waals surface area contributed by atoms with Crippen LogP contribution in [0.25, 0.3) is 0 Å². The van der Waals surface area contributed by atoms with Crippen molar-refractivity contribution in [3.63, 3.8) is 0 Å². The molecule has 0 aliphatic carbocycles. The number of hydrogen-bond donors (Lipinski definition) is 2. The van der Waals surface area contributed by atoms with Gasteiger partial charge in [0.1, 0.15) is 0 Å². The lowest BCUT2D eigenvalue weighted by Crippen LogP contribution is -2.31. The lowest BCUT2D eigenvalue weighted by Gasteiger charge is -2.09. The van der Waals surface area contributed by atoms with Crippen molar-refractivity contribution in [1.29, 1.82) is 0 Å². The Labute approximate surface area is 186 Å². The molecule has 0 aliphatic rings. The van der Waals surface area contributed by atoms with E-state index in [0.29, 0.717) is 0 Å². The fourth-order valence-electron chi connectivity index (χ4n) is 2.69. The van der Waals surface area contributed by atoms with Gasteiger partial charge >= 0.3 is 0 Å². The van der Waals surface area contributed by atoms with Gasteiger partial charge in [0, 0.05) is 11.1 Å². The first kappa shape index (κ1) is 23.2. The summed E-state index contributed by atoms with van der Waals surface area (Å²) < 4.78 is 53.3. The first-order chi connectivity index (χ1) is 15.0. The smallest absolute Gasteiger partial charge is 0.264 e. The number of rotatable bonds is 6. The third-order valence-corrected chi connectivity index (χ3v) is 7.22. The van der Waals surface area contributed by atoms with E-state index in [0.717, 1.165) is 11.1 Å². The zero-order valence-corrected chi connectivity index (χ0v) is 18.8. The molecule has 3 rings (SSSR count). The minimum absolute atomic E-state index is 0.0152.